The molecule has 0 rings (SSSR count). The van der Waals surface area contributed by atoms with Gasteiger partial charge >= 0.3 is 5.97 Å². The van der Waals surface area contributed by atoms with E-state index >= 15 is 0 Å². The monoisotopic (exact) mass is 504 g/mol. The molecule has 34 heavy (non-hydrogen) atoms. The molecule has 0 aliphatic rings. The third-order valence-corrected chi connectivity index (χ3v) is 15.7. The van der Waals surface area contributed by atoms with Gasteiger partial charge in [-0.3, -0.25) is 4.79 Å². The van der Waals surface area contributed by atoms with E-state index in [1.165, 1.54) is 7.11 Å². The zero-order valence-electron chi connectivity index (χ0n) is 23.5. The molecule has 0 aliphatic carbocycles. The first-order chi connectivity index (χ1) is 15.5. The van der Waals surface area contributed by atoms with Crippen LogP contribution in [-0.4, -0.2) is 41.9 Å². The molecule has 4 nitrogen and oxygen atoms in total. The van der Waals surface area contributed by atoms with Crippen LogP contribution in [-0.2, 0) is 18.4 Å². The van der Waals surface area contributed by atoms with Gasteiger partial charge in [0.25, 0.3) is 0 Å². The number of rotatable bonds is 11. The summed E-state index contributed by atoms with van der Waals surface area (Å²) in [5.41, 5.74) is 0. The lowest BCUT2D eigenvalue weighted by Gasteiger charge is -2.38. The normalized spacial score (nSPS) is 15.0. The Balaban J connectivity index is 5.30. The van der Waals surface area contributed by atoms with Gasteiger partial charge in [0.2, 0.25) is 0 Å². The van der Waals surface area contributed by atoms with E-state index in [1.807, 2.05) is 24.3 Å². The van der Waals surface area contributed by atoms with E-state index in [9.17, 15) is 4.79 Å². The maximum absolute atomic E-state index is 11.5. The number of terminal acetylenes is 1. The minimum Gasteiger partial charge on any atom is -0.469 e. The highest BCUT2D eigenvalue weighted by molar-refractivity contribution is 6.74. The lowest BCUT2D eigenvalue weighted by atomic mass is 10.1. The molecule has 0 heterocycles. The van der Waals surface area contributed by atoms with Gasteiger partial charge in [0.1, 0.15) is 6.10 Å². The van der Waals surface area contributed by atoms with Crippen LogP contribution < -0.4 is 0 Å². The van der Waals surface area contributed by atoms with Crippen molar-refractivity contribution in [1.29, 1.82) is 0 Å². The van der Waals surface area contributed by atoms with Gasteiger partial charge in [-0.1, -0.05) is 71.6 Å². The Hall–Kier alpha value is -1.58. The second-order valence-corrected chi connectivity index (χ2v) is 21.2. The lowest BCUT2D eigenvalue weighted by Crippen LogP contribution is -2.43. The number of hydrogen-bond acceptors (Lipinski definition) is 4. The molecule has 0 unspecified atom stereocenters. The fourth-order valence-corrected chi connectivity index (χ4v) is 4.99. The number of carbonyl (C=O) groups excluding carboxylic acids is 1. The first kappa shape index (κ1) is 32.4. The topological polar surface area (TPSA) is 44.8 Å². The van der Waals surface area contributed by atoms with Crippen molar-refractivity contribution in [2.75, 3.05) is 7.11 Å². The Kier molecular flexibility index (Phi) is 13.4. The smallest absolute Gasteiger partial charge is 0.305 e. The fraction of sp³-hybridized carbons (Fsp3) is 0.679. The van der Waals surface area contributed by atoms with Crippen LogP contribution in [0.1, 0.15) is 67.2 Å². The summed E-state index contributed by atoms with van der Waals surface area (Å²) in [6.45, 7) is 22.2. The molecule has 0 amide bonds. The van der Waals surface area contributed by atoms with Gasteiger partial charge in [-0.05, 0) is 55.2 Å². The summed E-state index contributed by atoms with van der Waals surface area (Å²) in [7, 11) is -2.47. The largest absolute Gasteiger partial charge is 0.469 e. The van der Waals surface area contributed by atoms with Crippen LogP contribution in [0.4, 0.5) is 0 Å². The number of carbonyl (C=O) groups is 1. The Labute approximate surface area is 212 Å². The summed E-state index contributed by atoms with van der Waals surface area (Å²) in [6.07, 6.45) is 15.2. The number of hydrogen-bond donors (Lipinski definition) is 0. The molecule has 0 aromatic rings. The molecule has 0 aromatic heterocycles. The summed E-state index contributed by atoms with van der Waals surface area (Å²) < 4.78 is 17.7. The van der Waals surface area contributed by atoms with Crippen LogP contribution in [0.25, 0.3) is 0 Å². The van der Waals surface area contributed by atoms with Crippen LogP contribution in [0.3, 0.4) is 0 Å². The summed E-state index contributed by atoms with van der Waals surface area (Å²) in [4.78, 5) is 11.5. The molecule has 192 valence electrons. The number of allylic oxidation sites excluding steroid dienone is 3. The predicted molar refractivity (Wildman–Crippen MR) is 150 cm³/mol. The highest BCUT2D eigenvalue weighted by Crippen LogP contribution is 2.38. The van der Waals surface area contributed by atoms with Crippen molar-refractivity contribution in [3.8, 4) is 24.2 Å². The summed E-state index contributed by atoms with van der Waals surface area (Å²) in [5, 5.41) is 0.214. The van der Waals surface area contributed by atoms with Crippen LogP contribution in [0, 0.1) is 24.2 Å². The van der Waals surface area contributed by atoms with Crippen molar-refractivity contribution >= 4 is 22.6 Å². The Bertz CT molecular complexity index is 793. The standard InChI is InChI=1S/C28H48O4Si2/c1-13-19-24(31-33(9,10)27(2,3)4)20-16-14-15-17-21-25(22-18-23-26(29)30-8)32-34(11,12)28(5,6)7/h1,14-16,20,24-25H,18-19,22-23H2,2-12H3/b15-14+,20-16+/t24-,25+/m0/s1. The molecule has 0 saturated heterocycles. The lowest BCUT2D eigenvalue weighted by molar-refractivity contribution is -0.140. The van der Waals surface area contributed by atoms with E-state index in [1.54, 1.807) is 0 Å². The average molecular weight is 505 g/mol. The zero-order chi connectivity index (χ0) is 26.6. The van der Waals surface area contributed by atoms with E-state index in [0.29, 0.717) is 25.7 Å². The molecule has 6 heteroatoms. The number of esters is 1. The van der Waals surface area contributed by atoms with Crippen LogP contribution >= 0.6 is 0 Å². The predicted octanol–water partition coefficient (Wildman–Crippen LogP) is 7.25. The maximum Gasteiger partial charge on any atom is 0.305 e. The molecular weight excluding hydrogens is 456 g/mol. The SMILES string of the molecule is C#CC[C@@H](/C=C/C=C/C#C[C@H](CCCC(=O)OC)O[Si](C)(C)C(C)(C)C)O[Si](C)(C)C(C)(C)C. The van der Waals surface area contributed by atoms with Crippen LogP contribution in [0.15, 0.2) is 24.3 Å². The van der Waals surface area contributed by atoms with E-state index in [0.717, 1.165) is 0 Å². The average Bonchev–Trinajstić information content (AvgIpc) is 2.67. The molecule has 0 aliphatic heterocycles. The third kappa shape index (κ3) is 12.2. The molecule has 0 spiro atoms. The molecule has 0 saturated carbocycles. The van der Waals surface area contributed by atoms with E-state index in [2.05, 4.69) is 85.5 Å². The summed E-state index contributed by atoms with van der Waals surface area (Å²) >= 11 is 0. The minimum atomic E-state index is -1.98. The van der Waals surface area contributed by atoms with E-state index in [-0.39, 0.29) is 28.3 Å². The molecule has 0 radical (unpaired) electrons. The van der Waals surface area contributed by atoms with Gasteiger partial charge in [0, 0.05) is 12.8 Å². The molecule has 2 atom stereocenters. The molecule has 0 fully saturated rings. The van der Waals surface area contributed by atoms with Gasteiger partial charge < -0.3 is 13.6 Å². The van der Waals surface area contributed by atoms with Gasteiger partial charge in [-0.2, -0.15) is 0 Å². The molecular formula is C28H48O4Si2. The molecule has 0 bridgehead atoms. The van der Waals surface area contributed by atoms with Crippen molar-refractivity contribution in [3.05, 3.63) is 24.3 Å². The van der Waals surface area contributed by atoms with Gasteiger partial charge in [-0.25, -0.2) is 0 Å². The van der Waals surface area contributed by atoms with Crippen molar-refractivity contribution < 1.29 is 18.4 Å². The summed E-state index contributed by atoms with van der Waals surface area (Å²) in [6, 6.07) is 0. The Morgan fingerprint density at radius 3 is 2.03 bits per heavy atom. The van der Waals surface area contributed by atoms with Gasteiger partial charge in [0.15, 0.2) is 16.6 Å². The van der Waals surface area contributed by atoms with Gasteiger partial charge in [-0.15, -0.1) is 12.3 Å². The van der Waals surface area contributed by atoms with Crippen molar-refractivity contribution in [2.45, 2.75) is 116 Å². The van der Waals surface area contributed by atoms with E-state index < -0.39 is 16.6 Å². The van der Waals surface area contributed by atoms with E-state index in [4.69, 9.17) is 20.0 Å². The first-order valence-electron chi connectivity index (χ1n) is 12.2. The zero-order valence-corrected chi connectivity index (χ0v) is 25.5. The highest BCUT2D eigenvalue weighted by Gasteiger charge is 2.39. The molecule has 0 N–H and O–H groups in total. The number of ether oxygens (including phenoxy) is 1. The fourth-order valence-electron chi connectivity index (χ4n) is 2.48. The second-order valence-electron chi connectivity index (χ2n) is 11.7. The van der Waals surface area contributed by atoms with Crippen LogP contribution in [0.2, 0.25) is 36.3 Å². The minimum absolute atomic E-state index is 0.0873. The summed E-state index contributed by atoms with van der Waals surface area (Å²) in [5.74, 6) is 8.88. The van der Waals surface area contributed by atoms with Gasteiger partial charge in [0.05, 0.1) is 13.2 Å². The first-order valence-corrected chi connectivity index (χ1v) is 18.0. The third-order valence-electron chi connectivity index (χ3n) is 6.75. The quantitative estimate of drug-likeness (QED) is 0.129. The van der Waals surface area contributed by atoms with Crippen molar-refractivity contribution in [2.24, 2.45) is 0 Å². The second kappa shape index (κ2) is 14.1. The highest BCUT2D eigenvalue weighted by atomic mass is 28.4. The Morgan fingerprint density at radius 2 is 1.53 bits per heavy atom. The maximum atomic E-state index is 11.5. The Morgan fingerprint density at radius 1 is 0.971 bits per heavy atom. The molecule has 0 aromatic carbocycles. The number of methoxy groups -OCH3 is 1. The van der Waals surface area contributed by atoms with Crippen LogP contribution in [0.5, 0.6) is 0 Å². The van der Waals surface area contributed by atoms with Crippen molar-refractivity contribution in [3.63, 3.8) is 0 Å². The van der Waals surface area contributed by atoms with Crippen molar-refractivity contribution in [1.82, 2.24) is 0 Å².